The smallest absolute Gasteiger partial charge is 0.237 e. The molecule has 0 bridgehead atoms. The van der Waals surface area contributed by atoms with Gasteiger partial charge in [0.2, 0.25) is 5.91 Å². The minimum absolute atomic E-state index is 0.00164. The topological polar surface area (TPSA) is 59.0 Å². The summed E-state index contributed by atoms with van der Waals surface area (Å²) >= 11 is 0. The van der Waals surface area contributed by atoms with Crippen LogP contribution in [0.15, 0.2) is 12.3 Å². The molecule has 82 valence electrons. The first kappa shape index (κ1) is 10.2. The van der Waals surface area contributed by atoms with Gasteiger partial charge in [-0.15, -0.1) is 0 Å². The van der Waals surface area contributed by atoms with E-state index in [0.717, 1.165) is 25.1 Å². The lowest BCUT2D eigenvalue weighted by molar-refractivity contribution is -0.122. The molecule has 5 heteroatoms. The Labute approximate surface area is 88.8 Å². The third-order valence-electron chi connectivity index (χ3n) is 2.74. The first-order chi connectivity index (χ1) is 7.27. The molecule has 0 saturated carbocycles. The molecule has 2 rings (SSSR count). The first-order valence-electron chi connectivity index (χ1n) is 5.25. The third-order valence-corrected chi connectivity index (χ3v) is 2.74. The number of hydrogen-bond acceptors (Lipinski definition) is 3. The van der Waals surface area contributed by atoms with Crippen molar-refractivity contribution in [1.82, 2.24) is 20.4 Å². The average molecular weight is 208 g/mol. The Balaban J connectivity index is 1.83. The Morgan fingerprint density at radius 1 is 1.80 bits per heavy atom. The zero-order chi connectivity index (χ0) is 10.7. The Morgan fingerprint density at radius 2 is 2.67 bits per heavy atom. The second-order valence-electron chi connectivity index (χ2n) is 3.81. The predicted molar refractivity (Wildman–Crippen MR) is 56.1 cm³/mol. The van der Waals surface area contributed by atoms with Gasteiger partial charge in [-0.25, -0.2) is 0 Å². The summed E-state index contributed by atoms with van der Waals surface area (Å²) in [6.45, 7) is 1.50. The lowest BCUT2D eigenvalue weighted by Crippen LogP contribution is -2.40. The van der Waals surface area contributed by atoms with Crippen LogP contribution in [-0.2, 0) is 18.4 Å². The number of carbonyl (C=O) groups excluding carboxylic acids is 1. The van der Waals surface area contributed by atoms with Crippen molar-refractivity contribution in [1.29, 1.82) is 0 Å². The molecular formula is C10H16N4O. The molecule has 1 atom stereocenters. The van der Waals surface area contributed by atoms with Crippen molar-refractivity contribution in [3.63, 3.8) is 0 Å². The molecule has 0 radical (unpaired) electrons. The van der Waals surface area contributed by atoms with E-state index in [0.29, 0.717) is 6.54 Å². The van der Waals surface area contributed by atoms with Crippen molar-refractivity contribution >= 4 is 5.91 Å². The maximum absolute atomic E-state index is 11.6. The maximum Gasteiger partial charge on any atom is 0.237 e. The van der Waals surface area contributed by atoms with E-state index in [2.05, 4.69) is 15.7 Å². The van der Waals surface area contributed by atoms with Crippen molar-refractivity contribution in [2.75, 3.05) is 6.54 Å². The van der Waals surface area contributed by atoms with E-state index in [9.17, 15) is 4.79 Å². The van der Waals surface area contributed by atoms with Crippen molar-refractivity contribution in [3.8, 4) is 0 Å². The van der Waals surface area contributed by atoms with Gasteiger partial charge < -0.3 is 10.6 Å². The van der Waals surface area contributed by atoms with Gasteiger partial charge >= 0.3 is 0 Å². The van der Waals surface area contributed by atoms with Crippen LogP contribution in [0, 0.1) is 0 Å². The highest BCUT2D eigenvalue weighted by Gasteiger charge is 2.21. The highest BCUT2D eigenvalue weighted by molar-refractivity contribution is 5.81. The number of carbonyl (C=O) groups is 1. The Morgan fingerprint density at radius 3 is 3.27 bits per heavy atom. The molecule has 0 aromatic carbocycles. The zero-order valence-corrected chi connectivity index (χ0v) is 8.86. The highest BCUT2D eigenvalue weighted by atomic mass is 16.2. The van der Waals surface area contributed by atoms with Gasteiger partial charge in [-0.05, 0) is 25.5 Å². The SMILES string of the molecule is Cn1nccc1CNC(=O)C1CCCN1. The molecule has 1 amide bonds. The molecule has 1 aliphatic heterocycles. The van der Waals surface area contributed by atoms with E-state index < -0.39 is 0 Å². The lowest BCUT2D eigenvalue weighted by Gasteiger charge is -2.10. The van der Waals surface area contributed by atoms with Crippen LogP contribution in [0.1, 0.15) is 18.5 Å². The first-order valence-corrected chi connectivity index (χ1v) is 5.25. The van der Waals surface area contributed by atoms with Crippen molar-refractivity contribution in [2.24, 2.45) is 7.05 Å². The quantitative estimate of drug-likeness (QED) is 0.722. The Bertz CT molecular complexity index is 341. The van der Waals surface area contributed by atoms with Gasteiger partial charge in [0.25, 0.3) is 0 Å². The van der Waals surface area contributed by atoms with Crippen LogP contribution in [0.5, 0.6) is 0 Å². The van der Waals surface area contributed by atoms with E-state index in [1.807, 2.05) is 13.1 Å². The summed E-state index contributed by atoms with van der Waals surface area (Å²) in [5, 5.41) is 10.1. The van der Waals surface area contributed by atoms with Crippen LogP contribution in [0.4, 0.5) is 0 Å². The summed E-state index contributed by atoms with van der Waals surface area (Å²) in [7, 11) is 1.87. The maximum atomic E-state index is 11.6. The van der Waals surface area contributed by atoms with Gasteiger partial charge in [0, 0.05) is 13.2 Å². The number of nitrogens with zero attached hydrogens (tertiary/aromatic N) is 2. The van der Waals surface area contributed by atoms with Crippen LogP contribution in [0.3, 0.4) is 0 Å². The van der Waals surface area contributed by atoms with E-state index in [1.54, 1.807) is 10.9 Å². The van der Waals surface area contributed by atoms with Gasteiger partial charge in [-0.1, -0.05) is 0 Å². The molecule has 1 aliphatic rings. The molecule has 1 aromatic rings. The van der Waals surface area contributed by atoms with Crippen LogP contribution in [0.25, 0.3) is 0 Å². The van der Waals surface area contributed by atoms with E-state index in [4.69, 9.17) is 0 Å². The fourth-order valence-electron chi connectivity index (χ4n) is 1.78. The molecule has 1 unspecified atom stereocenters. The summed E-state index contributed by atoms with van der Waals surface area (Å²) in [5.74, 6) is 0.0914. The Hall–Kier alpha value is -1.36. The molecule has 2 N–H and O–H groups in total. The second kappa shape index (κ2) is 4.44. The van der Waals surface area contributed by atoms with E-state index in [1.165, 1.54) is 0 Å². The Kier molecular flexibility index (Phi) is 3.01. The van der Waals surface area contributed by atoms with Crippen molar-refractivity contribution in [3.05, 3.63) is 18.0 Å². The minimum atomic E-state index is -0.00164. The van der Waals surface area contributed by atoms with Gasteiger partial charge in [-0.2, -0.15) is 5.10 Å². The van der Waals surface area contributed by atoms with Gasteiger partial charge in [-0.3, -0.25) is 9.48 Å². The fraction of sp³-hybridized carbons (Fsp3) is 0.600. The van der Waals surface area contributed by atoms with E-state index >= 15 is 0 Å². The van der Waals surface area contributed by atoms with Gasteiger partial charge in [0.15, 0.2) is 0 Å². The number of nitrogens with one attached hydrogen (secondary N) is 2. The molecule has 2 heterocycles. The fourth-order valence-corrected chi connectivity index (χ4v) is 1.78. The number of hydrogen-bond donors (Lipinski definition) is 2. The summed E-state index contributed by atoms with van der Waals surface area (Å²) in [6, 6.07) is 1.90. The molecule has 5 nitrogen and oxygen atoms in total. The van der Waals surface area contributed by atoms with Crippen molar-refractivity contribution < 1.29 is 4.79 Å². The summed E-state index contributed by atoms with van der Waals surface area (Å²) in [6.07, 6.45) is 3.76. The van der Waals surface area contributed by atoms with Gasteiger partial charge in [0.1, 0.15) is 0 Å². The monoisotopic (exact) mass is 208 g/mol. The molecule has 1 fully saturated rings. The molecule has 0 spiro atoms. The van der Waals surface area contributed by atoms with Crippen LogP contribution in [-0.4, -0.2) is 28.3 Å². The second-order valence-corrected chi connectivity index (χ2v) is 3.81. The molecule has 1 saturated heterocycles. The summed E-state index contributed by atoms with van der Waals surface area (Å²) in [4.78, 5) is 11.6. The molecule has 15 heavy (non-hydrogen) atoms. The van der Waals surface area contributed by atoms with Crippen LogP contribution >= 0.6 is 0 Å². The number of amides is 1. The zero-order valence-electron chi connectivity index (χ0n) is 8.86. The summed E-state index contributed by atoms with van der Waals surface area (Å²) < 4.78 is 1.77. The lowest BCUT2D eigenvalue weighted by atomic mass is 10.2. The van der Waals surface area contributed by atoms with Crippen LogP contribution in [0.2, 0.25) is 0 Å². The van der Waals surface area contributed by atoms with Crippen LogP contribution < -0.4 is 10.6 Å². The average Bonchev–Trinajstić information content (AvgIpc) is 2.85. The molecule has 1 aromatic heterocycles. The summed E-state index contributed by atoms with van der Waals surface area (Å²) in [5.41, 5.74) is 1.02. The number of rotatable bonds is 3. The van der Waals surface area contributed by atoms with Crippen molar-refractivity contribution in [2.45, 2.75) is 25.4 Å². The number of aromatic nitrogens is 2. The largest absolute Gasteiger partial charge is 0.349 e. The minimum Gasteiger partial charge on any atom is -0.349 e. The predicted octanol–water partition coefficient (Wildman–Crippen LogP) is -0.212. The number of aryl methyl sites for hydroxylation is 1. The standard InChI is InChI=1S/C10H16N4O/c1-14-8(4-6-13-14)7-12-10(15)9-3-2-5-11-9/h4,6,9,11H,2-3,5,7H2,1H3,(H,12,15). The molecular weight excluding hydrogens is 192 g/mol. The molecule has 0 aliphatic carbocycles. The van der Waals surface area contributed by atoms with Gasteiger partial charge in [0.05, 0.1) is 18.3 Å². The van der Waals surface area contributed by atoms with E-state index in [-0.39, 0.29) is 11.9 Å². The normalized spacial score (nSPS) is 20.5. The third kappa shape index (κ3) is 2.36. The highest BCUT2D eigenvalue weighted by Crippen LogP contribution is 2.05.